The van der Waals surface area contributed by atoms with Gasteiger partial charge in [-0.25, -0.2) is 10.9 Å². The third-order valence-corrected chi connectivity index (χ3v) is 6.37. The Morgan fingerprint density at radius 2 is 0.930 bits per heavy atom. The number of benzene rings is 4. The molecule has 0 atom stereocenters. The Kier molecular flexibility index (Phi) is 12.5. The van der Waals surface area contributed by atoms with Crippen molar-refractivity contribution in [3.8, 4) is 11.5 Å². The molecule has 0 saturated heterocycles. The van der Waals surface area contributed by atoms with Crippen LogP contribution in [0.5, 0.6) is 11.5 Å². The average Bonchev–Trinajstić information content (AvgIpc) is 3.05. The molecular weight excluding hydrogens is 540 g/mol. The lowest BCUT2D eigenvalue weighted by Crippen LogP contribution is -2.18. The van der Waals surface area contributed by atoms with Crippen molar-refractivity contribution in [2.75, 3.05) is 0 Å². The number of carbonyl (C=O) groups is 2. The zero-order valence-electron chi connectivity index (χ0n) is 24.0. The summed E-state index contributed by atoms with van der Waals surface area (Å²) in [5.74, 6) is 1.20. The maximum atomic E-state index is 12.1. The predicted molar refractivity (Wildman–Crippen MR) is 169 cm³/mol. The van der Waals surface area contributed by atoms with Crippen LogP contribution in [0.1, 0.15) is 54.4 Å². The Bertz CT molecular complexity index is 1340. The molecule has 0 aliphatic heterocycles. The number of unbranched alkanes of at least 4 members (excludes halogenated alkanes) is 2. The van der Waals surface area contributed by atoms with Crippen LogP contribution in [0.4, 0.5) is 0 Å². The van der Waals surface area contributed by atoms with Gasteiger partial charge in [-0.05, 0) is 83.6 Å². The number of nitrogens with one attached hydrogen (secondary N) is 2. The zero-order chi connectivity index (χ0) is 30.0. The average molecular weight is 577 g/mol. The van der Waals surface area contributed by atoms with Crippen molar-refractivity contribution in [2.45, 2.75) is 45.3 Å². The predicted octanol–water partition coefficient (Wildman–Crippen LogP) is 6.40. The van der Waals surface area contributed by atoms with E-state index in [0.717, 1.165) is 40.2 Å². The van der Waals surface area contributed by atoms with Crippen molar-refractivity contribution >= 4 is 24.2 Å². The summed E-state index contributed by atoms with van der Waals surface area (Å²) in [6.07, 6.45) is 5.97. The molecule has 4 aromatic rings. The lowest BCUT2D eigenvalue weighted by atomic mass is 10.1. The molecular formula is C35H36N4O4. The summed E-state index contributed by atoms with van der Waals surface area (Å²) >= 11 is 0. The third kappa shape index (κ3) is 12.0. The van der Waals surface area contributed by atoms with Gasteiger partial charge in [-0.15, -0.1) is 0 Å². The summed E-state index contributed by atoms with van der Waals surface area (Å²) in [4.78, 5) is 24.1. The first-order valence-electron chi connectivity index (χ1n) is 14.3. The second-order valence-corrected chi connectivity index (χ2v) is 9.83. The Balaban J connectivity index is 1.03. The highest BCUT2D eigenvalue weighted by Crippen LogP contribution is 2.15. The highest BCUT2D eigenvalue weighted by Gasteiger charge is 2.03. The van der Waals surface area contributed by atoms with Crippen molar-refractivity contribution in [2.24, 2.45) is 10.2 Å². The van der Waals surface area contributed by atoms with Crippen LogP contribution in [0.25, 0.3) is 0 Å². The normalized spacial score (nSPS) is 11.0. The van der Waals surface area contributed by atoms with E-state index < -0.39 is 0 Å². The molecule has 0 saturated carbocycles. The first kappa shape index (κ1) is 30.7. The molecule has 0 heterocycles. The van der Waals surface area contributed by atoms with Crippen molar-refractivity contribution in [1.29, 1.82) is 0 Å². The van der Waals surface area contributed by atoms with E-state index in [1.807, 2.05) is 109 Å². The highest BCUT2D eigenvalue weighted by atomic mass is 16.5. The molecule has 220 valence electrons. The van der Waals surface area contributed by atoms with Crippen LogP contribution < -0.4 is 20.3 Å². The molecule has 0 spiro atoms. The standard InChI is InChI=1S/C35H36N4O4/c40-34(38-36-24-28-16-20-32(21-17-28)42-26-30-10-4-1-5-11-30)14-8-3-9-15-35(41)39-37-25-29-18-22-33(23-19-29)43-27-31-12-6-2-7-13-31/h1-2,4-7,10-13,16-25H,3,8-9,14-15,26-27H2,(H,38,40)(H,39,41)/b36-24+,37-25+. The van der Waals surface area contributed by atoms with Gasteiger partial charge < -0.3 is 9.47 Å². The van der Waals surface area contributed by atoms with E-state index >= 15 is 0 Å². The van der Waals surface area contributed by atoms with E-state index in [-0.39, 0.29) is 11.8 Å². The molecule has 8 nitrogen and oxygen atoms in total. The molecule has 43 heavy (non-hydrogen) atoms. The van der Waals surface area contributed by atoms with Gasteiger partial charge in [-0.3, -0.25) is 9.59 Å². The maximum Gasteiger partial charge on any atom is 0.240 e. The molecule has 4 aromatic carbocycles. The van der Waals surface area contributed by atoms with Crippen LogP contribution in [0.2, 0.25) is 0 Å². The van der Waals surface area contributed by atoms with E-state index in [1.165, 1.54) is 0 Å². The first-order chi connectivity index (χ1) is 21.1. The number of carbonyl (C=O) groups excluding carboxylic acids is 2. The van der Waals surface area contributed by atoms with Crippen LogP contribution >= 0.6 is 0 Å². The molecule has 0 aromatic heterocycles. The fraction of sp³-hybridized carbons (Fsp3) is 0.200. The van der Waals surface area contributed by atoms with Crippen LogP contribution in [-0.4, -0.2) is 24.2 Å². The van der Waals surface area contributed by atoms with Crippen LogP contribution in [-0.2, 0) is 22.8 Å². The minimum atomic E-state index is -0.162. The quantitative estimate of drug-likeness (QED) is 0.0916. The Morgan fingerprint density at radius 3 is 1.33 bits per heavy atom. The van der Waals surface area contributed by atoms with Gasteiger partial charge in [0.2, 0.25) is 11.8 Å². The first-order valence-corrected chi connectivity index (χ1v) is 14.3. The molecule has 0 unspecified atom stereocenters. The number of ether oxygens (including phenoxy) is 2. The van der Waals surface area contributed by atoms with Gasteiger partial charge in [-0.1, -0.05) is 67.1 Å². The SMILES string of the molecule is O=C(CCCCCC(=O)N/N=C/c1ccc(OCc2ccccc2)cc1)N/N=C/c1ccc(OCc2ccccc2)cc1. The van der Waals surface area contributed by atoms with Gasteiger partial charge >= 0.3 is 0 Å². The van der Waals surface area contributed by atoms with Gasteiger partial charge in [0.25, 0.3) is 0 Å². The molecule has 0 fully saturated rings. The molecule has 0 radical (unpaired) electrons. The lowest BCUT2D eigenvalue weighted by Gasteiger charge is -2.06. The van der Waals surface area contributed by atoms with Gasteiger partial charge in [0, 0.05) is 12.8 Å². The highest BCUT2D eigenvalue weighted by molar-refractivity contribution is 5.83. The topological polar surface area (TPSA) is 101 Å². The summed E-state index contributed by atoms with van der Waals surface area (Å²) in [5, 5.41) is 8.05. The number of hydrazone groups is 2. The van der Waals surface area contributed by atoms with Gasteiger partial charge in [0.15, 0.2) is 0 Å². The van der Waals surface area contributed by atoms with Crippen molar-refractivity contribution < 1.29 is 19.1 Å². The summed E-state index contributed by atoms with van der Waals surface area (Å²) in [7, 11) is 0. The van der Waals surface area contributed by atoms with Crippen molar-refractivity contribution in [3.05, 3.63) is 131 Å². The third-order valence-electron chi connectivity index (χ3n) is 6.37. The van der Waals surface area contributed by atoms with E-state index in [4.69, 9.17) is 9.47 Å². The van der Waals surface area contributed by atoms with E-state index in [0.29, 0.717) is 38.9 Å². The smallest absolute Gasteiger partial charge is 0.240 e. The minimum Gasteiger partial charge on any atom is -0.489 e. The van der Waals surface area contributed by atoms with Gasteiger partial charge in [0.1, 0.15) is 24.7 Å². The molecule has 0 aliphatic rings. The largest absolute Gasteiger partial charge is 0.489 e. The van der Waals surface area contributed by atoms with E-state index in [1.54, 1.807) is 12.4 Å². The van der Waals surface area contributed by atoms with E-state index in [2.05, 4.69) is 21.1 Å². The lowest BCUT2D eigenvalue weighted by molar-refractivity contribution is -0.121. The van der Waals surface area contributed by atoms with Gasteiger partial charge in [-0.2, -0.15) is 10.2 Å². The molecule has 4 rings (SSSR count). The molecule has 0 bridgehead atoms. The number of amides is 2. The molecule has 8 heteroatoms. The summed E-state index contributed by atoms with van der Waals surface area (Å²) in [6.45, 7) is 1.01. The second kappa shape index (κ2) is 17.5. The fourth-order valence-corrected chi connectivity index (χ4v) is 4.00. The zero-order valence-corrected chi connectivity index (χ0v) is 24.0. The summed E-state index contributed by atoms with van der Waals surface area (Å²) in [5.41, 5.74) is 9.01. The van der Waals surface area contributed by atoms with Crippen LogP contribution in [0.15, 0.2) is 119 Å². The van der Waals surface area contributed by atoms with Crippen LogP contribution in [0.3, 0.4) is 0 Å². The van der Waals surface area contributed by atoms with Gasteiger partial charge in [0.05, 0.1) is 12.4 Å². The van der Waals surface area contributed by atoms with Crippen LogP contribution in [0, 0.1) is 0 Å². The fourth-order valence-electron chi connectivity index (χ4n) is 4.00. The number of hydrogen-bond donors (Lipinski definition) is 2. The number of hydrogen-bond acceptors (Lipinski definition) is 6. The summed E-state index contributed by atoms with van der Waals surface area (Å²) < 4.78 is 11.6. The second-order valence-electron chi connectivity index (χ2n) is 9.83. The van der Waals surface area contributed by atoms with Crippen molar-refractivity contribution in [3.63, 3.8) is 0 Å². The minimum absolute atomic E-state index is 0.162. The monoisotopic (exact) mass is 576 g/mol. The Hall–Kier alpha value is -5.24. The summed E-state index contributed by atoms with van der Waals surface area (Å²) in [6, 6.07) is 34.9. The van der Waals surface area contributed by atoms with Crippen molar-refractivity contribution in [1.82, 2.24) is 10.9 Å². The molecule has 2 N–H and O–H groups in total. The number of rotatable bonds is 16. The molecule has 0 aliphatic carbocycles. The molecule has 2 amide bonds. The van der Waals surface area contributed by atoms with E-state index in [9.17, 15) is 9.59 Å². The Morgan fingerprint density at radius 1 is 0.535 bits per heavy atom. The number of nitrogens with zero attached hydrogens (tertiary/aromatic N) is 2. The Labute approximate surface area is 252 Å². The maximum absolute atomic E-state index is 12.1.